The highest BCUT2D eigenvalue weighted by molar-refractivity contribution is 5.32. The highest BCUT2D eigenvalue weighted by Gasteiger charge is 2.37. The van der Waals surface area contributed by atoms with Crippen molar-refractivity contribution in [3.05, 3.63) is 35.9 Å². The molecule has 0 aliphatic carbocycles. The van der Waals surface area contributed by atoms with Gasteiger partial charge in [0.05, 0.1) is 6.07 Å². The maximum absolute atomic E-state index is 9.93. The van der Waals surface area contributed by atoms with Crippen molar-refractivity contribution in [2.24, 2.45) is 0 Å². The summed E-state index contributed by atoms with van der Waals surface area (Å²) in [6.45, 7) is 8.18. The number of likely N-dealkylation sites (N-methyl/N-ethyl adjacent to an activating group) is 1. The van der Waals surface area contributed by atoms with E-state index in [0.29, 0.717) is 12.1 Å². The summed E-state index contributed by atoms with van der Waals surface area (Å²) in [6.07, 6.45) is 3.75. The smallest absolute Gasteiger partial charge is 0.145 e. The van der Waals surface area contributed by atoms with Crippen LogP contribution in [0.3, 0.4) is 0 Å². The van der Waals surface area contributed by atoms with E-state index in [1.807, 2.05) is 18.2 Å². The quantitative estimate of drug-likeness (QED) is 0.902. The van der Waals surface area contributed by atoms with Crippen molar-refractivity contribution in [1.29, 1.82) is 5.26 Å². The second-order valence-corrected chi connectivity index (χ2v) is 6.21. The zero-order chi connectivity index (χ0) is 15.3. The first kappa shape index (κ1) is 16.0. The molecule has 1 heterocycles. The minimum atomic E-state index is -0.615. The predicted molar refractivity (Wildman–Crippen MR) is 86.9 cm³/mol. The number of piperidine rings is 1. The van der Waals surface area contributed by atoms with Gasteiger partial charge in [0.2, 0.25) is 0 Å². The van der Waals surface area contributed by atoms with Gasteiger partial charge in [-0.05, 0) is 38.8 Å². The second-order valence-electron chi connectivity index (χ2n) is 6.21. The molecule has 1 aromatic carbocycles. The Morgan fingerprint density at radius 1 is 1.24 bits per heavy atom. The molecule has 0 radical (unpaired) electrons. The number of nitriles is 1. The van der Waals surface area contributed by atoms with E-state index in [1.165, 1.54) is 19.3 Å². The number of nitrogens with zero attached hydrogens (tertiary/aromatic N) is 2. The normalized spacial score (nSPS) is 26.0. The molecule has 21 heavy (non-hydrogen) atoms. The van der Waals surface area contributed by atoms with Crippen LogP contribution in [0.15, 0.2) is 30.3 Å². The van der Waals surface area contributed by atoms with Gasteiger partial charge in [0.15, 0.2) is 0 Å². The van der Waals surface area contributed by atoms with Gasteiger partial charge in [0, 0.05) is 18.6 Å². The Morgan fingerprint density at radius 3 is 2.38 bits per heavy atom. The van der Waals surface area contributed by atoms with Crippen LogP contribution in [0.5, 0.6) is 0 Å². The third-order valence-electron chi connectivity index (χ3n) is 4.73. The molecular weight excluding hydrogens is 258 g/mol. The molecule has 1 aliphatic rings. The molecule has 3 atom stereocenters. The van der Waals surface area contributed by atoms with Gasteiger partial charge >= 0.3 is 0 Å². The van der Waals surface area contributed by atoms with Crippen LogP contribution in [0.25, 0.3) is 0 Å². The SMILES string of the molecule is CCNC(C#N)(CN1C(C)CCCC1C)c1ccccc1. The van der Waals surface area contributed by atoms with Crippen LogP contribution in [-0.4, -0.2) is 30.1 Å². The Bertz CT molecular complexity index is 469. The highest BCUT2D eigenvalue weighted by Crippen LogP contribution is 2.29. The predicted octanol–water partition coefficient (Wildman–Crippen LogP) is 3.28. The Morgan fingerprint density at radius 2 is 1.86 bits per heavy atom. The molecule has 1 N–H and O–H groups in total. The molecule has 3 nitrogen and oxygen atoms in total. The summed E-state index contributed by atoms with van der Waals surface area (Å²) in [5, 5.41) is 13.4. The van der Waals surface area contributed by atoms with Crippen LogP contribution < -0.4 is 5.32 Å². The van der Waals surface area contributed by atoms with E-state index < -0.39 is 5.54 Å². The number of nitrogens with one attached hydrogen (secondary N) is 1. The fraction of sp³-hybridized carbons (Fsp3) is 0.611. The lowest BCUT2D eigenvalue weighted by molar-refractivity contribution is 0.0777. The molecule has 114 valence electrons. The lowest BCUT2D eigenvalue weighted by atomic mass is 9.87. The van der Waals surface area contributed by atoms with Crippen molar-refractivity contribution in [2.45, 2.75) is 57.7 Å². The third-order valence-corrected chi connectivity index (χ3v) is 4.73. The average Bonchev–Trinajstić information content (AvgIpc) is 2.51. The van der Waals surface area contributed by atoms with Gasteiger partial charge in [-0.1, -0.05) is 43.7 Å². The monoisotopic (exact) mass is 285 g/mol. The Hall–Kier alpha value is -1.37. The number of rotatable bonds is 5. The summed E-state index contributed by atoms with van der Waals surface area (Å²) in [5.74, 6) is 0. The largest absolute Gasteiger partial charge is 0.295 e. The van der Waals surface area contributed by atoms with Crippen LogP contribution in [0.1, 0.15) is 45.6 Å². The van der Waals surface area contributed by atoms with Gasteiger partial charge in [0.25, 0.3) is 0 Å². The molecule has 1 fully saturated rings. The summed E-state index contributed by atoms with van der Waals surface area (Å²) >= 11 is 0. The summed E-state index contributed by atoms with van der Waals surface area (Å²) < 4.78 is 0. The van der Waals surface area contributed by atoms with Crippen LogP contribution in [-0.2, 0) is 5.54 Å². The molecule has 0 aromatic heterocycles. The number of likely N-dealkylation sites (tertiary alicyclic amines) is 1. The molecule has 0 amide bonds. The summed E-state index contributed by atoms with van der Waals surface area (Å²) in [7, 11) is 0. The lowest BCUT2D eigenvalue weighted by Crippen LogP contribution is -2.55. The van der Waals surface area contributed by atoms with E-state index in [1.54, 1.807) is 0 Å². The topological polar surface area (TPSA) is 39.1 Å². The Balaban J connectivity index is 2.30. The van der Waals surface area contributed by atoms with Crippen molar-refractivity contribution >= 4 is 0 Å². The maximum Gasteiger partial charge on any atom is 0.145 e. The molecular formula is C18H27N3. The van der Waals surface area contributed by atoms with Crippen LogP contribution in [0.4, 0.5) is 0 Å². The maximum atomic E-state index is 9.93. The van der Waals surface area contributed by atoms with Gasteiger partial charge in [0.1, 0.15) is 5.54 Å². The molecule has 3 heteroatoms. The standard InChI is InChI=1S/C18H27N3/c1-4-20-18(13-19,17-11-6-5-7-12-17)14-21-15(2)9-8-10-16(21)3/h5-7,11-12,15-16,20H,4,8-10,14H2,1-3H3. The molecule has 1 saturated heterocycles. The summed E-state index contributed by atoms with van der Waals surface area (Å²) in [6, 6.07) is 13.8. The number of benzene rings is 1. The lowest BCUT2D eigenvalue weighted by Gasteiger charge is -2.43. The van der Waals surface area contributed by atoms with Gasteiger partial charge in [-0.15, -0.1) is 0 Å². The van der Waals surface area contributed by atoms with Crippen molar-refractivity contribution in [3.8, 4) is 6.07 Å². The molecule has 3 unspecified atom stereocenters. The van der Waals surface area contributed by atoms with Crippen LogP contribution >= 0.6 is 0 Å². The zero-order valence-electron chi connectivity index (χ0n) is 13.5. The van der Waals surface area contributed by atoms with Gasteiger partial charge < -0.3 is 0 Å². The van der Waals surface area contributed by atoms with Gasteiger partial charge in [-0.3, -0.25) is 10.2 Å². The minimum Gasteiger partial charge on any atom is -0.295 e. The van der Waals surface area contributed by atoms with E-state index in [2.05, 4.69) is 49.2 Å². The van der Waals surface area contributed by atoms with E-state index >= 15 is 0 Å². The van der Waals surface area contributed by atoms with Crippen LogP contribution in [0.2, 0.25) is 0 Å². The van der Waals surface area contributed by atoms with E-state index in [9.17, 15) is 5.26 Å². The summed E-state index contributed by atoms with van der Waals surface area (Å²) in [5.41, 5.74) is 0.454. The molecule has 0 spiro atoms. The van der Waals surface area contributed by atoms with E-state index in [-0.39, 0.29) is 0 Å². The first-order valence-corrected chi connectivity index (χ1v) is 8.10. The Kier molecular flexibility index (Phi) is 5.39. The fourth-order valence-electron chi connectivity index (χ4n) is 3.47. The van der Waals surface area contributed by atoms with Gasteiger partial charge in [-0.2, -0.15) is 5.26 Å². The number of hydrogen-bond acceptors (Lipinski definition) is 3. The second kappa shape index (κ2) is 7.06. The first-order chi connectivity index (χ1) is 10.1. The minimum absolute atomic E-state index is 0.545. The van der Waals surface area contributed by atoms with Crippen molar-refractivity contribution in [2.75, 3.05) is 13.1 Å². The average molecular weight is 285 g/mol. The number of hydrogen-bond donors (Lipinski definition) is 1. The zero-order valence-corrected chi connectivity index (χ0v) is 13.5. The first-order valence-electron chi connectivity index (χ1n) is 8.10. The molecule has 2 rings (SSSR count). The fourth-order valence-corrected chi connectivity index (χ4v) is 3.47. The highest BCUT2D eigenvalue weighted by atomic mass is 15.2. The third kappa shape index (κ3) is 3.45. The van der Waals surface area contributed by atoms with Crippen molar-refractivity contribution in [3.63, 3.8) is 0 Å². The van der Waals surface area contributed by atoms with E-state index in [0.717, 1.165) is 18.7 Å². The van der Waals surface area contributed by atoms with Crippen molar-refractivity contribution < 1.29 is 0 Å². The van der Waals surface area contributed by atoms with Crippen molar-refractivity contribution in [1.82, 2.24) is 10.2 Å². The van der Waals surface area contributed by atoms with E-state index in [4.69, 9.17) is 0 Å². The molecule has 1 aromatic rings. The summed E-state index contributed by atoms with van der Waals surface area (Å²) in [4.78, 5) is 2.50. The van der Waals surface area contributed by atoms with Crippen LogP contribution in [0, 0.1) is 11.3 Å². The molecule has 1 aliphatic heterocycles. The van der Waals surface area contributed by atoms with Gasteiger partial charge in [-0.25, -0.2) is 0 Å². The molecule has 0 saturated carbocycles. The Labute approximate surface area is 129 Å². The molecule has 0 bridgehead atoms.